The first-order valence-electron chi connectivity index (χ1n) is 21.8. The molecule has 0 aliphatic rings. The molecule has 0 saturated carbocycles. The van der Waals surface area contributed by atoms with Crippen molar-refractivity contribution in [2.24, 2.45) is 0 Å². The smallest absolute Gasteiger partial charge is 0.652 e. The average molecular weight is 856 g/mol. The second kappa shape index (κ2) is 16.9. The minimum absolute atomic E-state index is 0. The van der Waals surface area contributed by atoms with Gasteiger partial charge in [-0.15, -0.1) is 0 Å². The van der Waals surface area contributed by atoms with Crippen LogP contribution in [-0.4, -0.2) is 9.71 Å². The maximum absolute atomic E-state index is 5.25. The van der Waals surface area contributed by atoms with E-state index in [0.29, 0.717) is 0 Å². The fourth-order valence-electron chi connectivity index (χ4n) is 8.84. The van der Waals surface area contributed by atoms with Crippen molar-refractivity contribution in [3.8, 4) is 44.5 Å². The minimum Gasteiger partial charge on any atom is -0.652 e. The Morgan fingerprint density at radius 2 is 0.550 bits per heavy atom. The second-order valence-electron chi connectivity index (χ2n) is 20.7. The molecule has 0 heterocycles. The first kappa shape index (κ1) is 44.5. The van der Waals surface area contributed by atoms with Gasteiger partial charge >= 0.3 is 58.2 Å². The van der Waals surface area contributed by atoms with Crippen molar-refractivity contribution in [1.82, 2.24) is 0 Å². The maximum Gasteiger partial charge on any atom is 1.00 e. The van der Waals surface area contributed by atoms with Gasteiger partial charge < -0.3 is 9.71 Å². The van der Waals surface area contributed by atoms with Gasteiger partial charge in [-0.25, -0.2) is 0 Å². The molecule has 0 aliphatic carbocycles. The standard InChI is InChI=1S/C58H60.BH.Rb/c1-55(2,3)41-27-23-39(24-28-41)49-45-33-31-43(57(7,8)9)35-47(45)52(38-21-17-14-18-22-38)54-50(40-25-29-42(30-26-40)56(4,5)6)46-34-32-44(58(10,11)12)36-48(46)51(53(49)54)37-19-15-13-16-20-37;;/h13-36H,1-12H3;1H;/q;-1;+1/i;1T;. The van der Waals surface area contributed by atoms with Crippen molar-refractivity contribution >= 4 is 40.7 Å². The Morgan fingerprint density at radius 1 is 0.300 bits per heavy atom. The molecule has 0 amide bonds. The van der Waals surface area contributed by atoms with E-state index in [9.17, 15) is 0 Å². The molecule has 0 aromatic heterocycles. The zero-order valence-electron chi connectivity index (χ0n) is 39.4. The van der Waals surface area contributed by atoms with Gasteiger partial charge in [0.25, 0.3) is 0 Å². The van der Waals surface area contributed by atoms with Crippen LogP contribution < -0.4 is 58.2 Å². The first-order valence-corrected chi connectivity index (χ1v) is 21.2. The van der Waals surface area contributed by atoms with Crippen LogP contribution in [0.5, 0.6) is 0 Å². The molecule has 60 heavy (non-hydrogen) atoms. The summed E-state index contributed by atoms with van der Waals surface area (Å²) in [4.78, 5) is 0. The number of rotatable bonds is 4. The Balaban J connectivity index is 0.00000204. The van der Waals surface area contributed by atoms with Crippen LogP contribution >= 0.6 is 0 Å². The Hall–Kier alpha value is -3.59. The van der Waals surface area contributed by atoms with E-state index in [0.717, 1.165) is 0 Å². The molecule has 2 heteroatoms. The summed E-state index contributed by atoms with van der Waals surface area (Å²) >= 11 is 0. The summed E-state index contributed by atoms with van der Waals surface area (Å²) < 4.78 is 5.25. The van der Waals surface area contributed by atoms with E-state index in [4.69, 9.17) is 1.34 Å². The summed E-state index contributed by atoms with van der Waals surface area (Å²) in [6.07, 6.45) is 0. The van der Waals surface area contributed by atoms with Crippen molar-refractivity contribution in [2.75, 3.05) is 0 Å². The quantitative estimate of drug-likeness (QED) is 0.122. The summed E-state index contributed by atoms with van der Waals surface area (Å²) in [5.74, 6) is 0. The van der Waals surface area contributed by atoms with E-state index in [-0.39, 0.29) is 79.8 Å². The van der Waals surface area contributed by atoms with Crippen LogP contribution in [0, 0.1) is 0 Å². The average Bonchev–Trinajstić information content (AvgIpc) is 3.21. The summed E-state index contributed by atoms with van der Waals surface area (Å²) in [5, 5.41) is 7.74. The number of hydrogen-bond acceptors (Lipinski definition) is 0. The monoisotopic (exact) mass is 855 g/mol. The van der Waals surface area contributed by atoms with E-state index < -0.39 is 0 Å². The van der Waals surface area contributed by atoms with Crippen LogP contribution in [0.3, 0.4) is 0 Å². The van der Waals surface area contributed by atoms with Crippen molar-refractivity contribution in [3.05, 3.63) is 168 Å². The molecule has 3 radical (unpaired) electrons. The molecular formula is C58H61BRb. The van der Waals surface area contributed by atoms with Crippen molar-refractivity contribution < 1.29 is 58.2 Å². The van der Waals surface area contributed by atoms with Crippen LogP contribution in [0.15, 0.2) is 146 Å². The summed E-state index contributed by atoms with van der Waals surface area (Å²) in [6, 6.07) is 55.9. The van der Waals surface area contributed by atoms with Crippen LogP contribution in [0.4, 0.5) is 0 Å². The minimum atomic E-state index is -0.0286. The van der Waals surface area contributed by atoms with E-state index in [1.807, 2.05) is 0 Å². The molecule has 0 aliphatic heterocycles. The fourth-order valence-corrected chi connectivity index (χ4v) is 8.84. The topological polar surface area (TPSA) is 0 Å². The van der Waals surface area contributed by atoms with E-state index in [1.165, 1.54) is 99.1 Å². The fraction of sp³-hybridized carbons (Fsp3) is 0.276. The van der Waals surface area contributed by atoms with Gasteiger partial charge in [0.15, 0.2) is 0 Å². The number of fused-ring (bicyclic) bond motifs is 3. The van der Waals surface area contributed by atoms with Crippen molar-refractivity contribution in [1.29, 1.82) is 1.34 Å². The zero-order chi connectivity index (χ0) is 43.4. The van der Waals surface area contributed by atoms with Gasteiger partial charge in [0, 0.05) is 0 Å². The van der Waals surface area contributed by atoms with Crippen LogP contribution in [-0.2, 0) is 21.7 Å². The van der Waals surface area contributed by atoms with Gasteiger partial charge in [-0.1, -0.05) is 217 Å². The predicted molar refractivity (Wildman–Crippen MR) is 263 cm³/mol. The van der Waals surface area contributed by atoms with Crippen LogP contribution in [0.2, 0.25) is 0 Å². The molecule has 8 aromatic carbocycles. The summed E-state index contributed by atoms with van der Waals surface area (Å²) in [7, 11) is 3.75. The maximum atomic E-state index is 5.25. The molecule has 8 rings (SSSR count). The van der Waals surface area contributed by atoms with Crippen molar-refractivity contribution in [3.63, 3.8) is 0 Å². The van der Waals surface area contributed by atoms with Crippen LogP contribution in [0.25, 0.3) is 76.8 Å². The third kappa shape index (κ3) is 8.59. The predicted octanol–water partition coefficient (Wildman–Crippen LogP) is 13.4. The largest absolute Gasteiger partial charge is 1.00 e. The first-order chi connectivity index (χ1) is 28.3. The zero-order valence-corrected chi connectivity index (χ0v) is 43.3. The number of benzene rings is 8. The van der Waals surface area contributed by atoms with Gasteiger partial charge in [0.2, 0.25) is 0 Å². The molecule has 0 N–H and O–H groups in total. The molecule has 8 aromatic rings. The number of hydrogen-bond donors (Lipinski definition) is 0. The van der Waals surface area contributed by atoms with Gasteiger partial charge in [-0.3, -0.25) is 0 Å². The van der Waals surface area contributed by atoms with Crippen LogP contribution in [0.1, 0.15) is 105 Å². The van der Waals surface area contributed by atoms with Gasteiger partial charge in [-0.05, 0) is 133 Å². The molecule has 0 unspecified atom stereocenters. The van der Waals surface area contributed by atoms with Gasteiger partial charge in [-0.2, -0.15) is 0 Å². The Morgan fingerprint density at radius 3 is 0.833 bits per heavy atom. The summed E-state index contributed by atoms with van der Waals surface area (Å²) in [5.41, 5.74) is 15.5. The molecule has 0 bridgehead atoms. The molecule has 0 atom stereocenters. The molecule has 0 nitrogen and oxygen atoms in total. The van der Waals surface area contributed by atoms with E-state index in [2.05, 4.69) is 237 Å². The molecule has 297 valence electrons. The Bertz CT molecular complexity index is 2610. The van der Waals surface area contributed by atoms with E-state index >= 15 is 0 Å². The normalized spacial score (nSPS) is 12.5. The molecular weight excluding hydrogens is 793 g/mol. The second-order valence-corrected chi connectivity index (χ2v) is 20.7. The van der Waals surface area contributed by atoms with E-state index in [1.54, 1.807) is 0 Å². The Kier molecular flexibility index (Phi) is 12.6. The molecule has 0 saturated heterocycles. The molecule has 0 fully saturated rings. The summed E-state index contributed by atoms with van der Waals surface area (Å²) in [6.45, 7) is 27.8. The van der Waals surface area contributed by atoms with Crippen molar-refractivity contribution in [2.45, 2.75) is 105 Å². The van der Waals surface area contributed by atoms with Gasteiger partial charge in [0.1, 0.15) is 0 Å². The SMILES string of the molecule is CC(C)(C)c1ccc(-c2c3ccc(C(C)(C)C)cc3c(-c3ccccc3)c3c(-c4ccc(C(C)(C)C)cc4)c4ccc(C(C)(C)C)cc4c(-c4ccccc4)c23)cc1.[3H][B-].[Rb+]. The Labute approximate surface area is 413 Å². The van der Waals surface area contributed by atoms with Gasteiger partial charge in [0.05, 0.1) is 0 Å². The third-order valence-electron chi connectivity index (χ3n) is 12.3. The molecule has 0 spiro atoms. The third-order valence-corrected chi connectivity index (χ3v) is 12.3.